The number of fused-ring (bicyclic) bond motifs is 3. The van der Waals surface area contributed by atoms with Gasteiger partial charge in [0.1, 0.15) is 12.0 Å². The van der Waals surface area contributed by atoms with E-state index in [4.69, 9.17) is 4.74 Å². The van der Waals surface area contributed by atoms with E-state index in [1.807, 2.05) is 24.4 Å². The Bertz CT molecular complexity index is 629. The van der Waals surface area contributed by atoms with Crippen LogP contribution in [0.4, 0.5) is 5.69 Å². The van der Waals surface area contributed by atoms with Gasteiger partial charge in [0.25, 0.3) is 0 Å². The maximum absolute atomic E-state index is 10.9. The summed E-state index contributed by atoms with van der Waals surface area (Å²) in [4.78, 5) is 2.14. The first kappa shape index (κ1) is 18.9. The van der Waals surface area contributed by atoms with Gasteiger partial charge in [-0.25, -0.2) is 0 Å². The Morgan fingerprint density at radius 2 is 1.93 bits per heavy atom. The van der Waals surface area contributed by atoms with Gasteiger partial charge in [0, 0.05) is 12.7 Å². The van der Waals surface area contributed by atoms with Crippen molar-refractivity contribution in [1.29, 1.82) is 0 Å². The lowest BCUT2D eigenvalue weighted by molar-refractivity contribution is 0.0845. The second-order valence-electron chi connectivity index (χ2n) is 9.01. The Morgan fingerprint density at radius 1 is 1.15 bits per heavy atom. The molecular weight excluding hydrogens is 334 g/mol. The van der Waals surface area contributed by atoms with Crippen LogP contribution in [-0.4, -0.2) is 17.8 Å². The summed E-state index contributed by atoms with van der Waals surface area (Å²) in [5.41, 5.74) is 1.06. The van der Waals surface area contributed by atoms with E-state index in [1.165, 1.54) is 51.4 Å². The van der Waals surface area contributed by atoms with Crippen molar-refractivity contribution in [2.45, 2.75) is 70.8 Å². The predicted octanol–water partition coefficient (Wildman–Crippen LogP) is 5.74. The molecule has 2 bridgehead atoms. The van der Waals surface area contributed by atoms with Crippen LogP contribution in [0.5, 0.6) is 5.75 Å². The van der Waals surface area contributed by atoms with Gasteiger partial charge in [0.2, 0.25) is 0 Å². The molecule has 2 fully saturated rings. The number of benzene rings is 1. The van der Waals surface area contributed by atoms with E-state index in [0.29, 0.717) is 6.54 Å². The number of aliphatic hydroxyl groups is 1. The highest BCUT2D eigenvalue weighted by molar-refractivity contribution is 5.62. The van der Waals surface area contributed by atoms with Crippen LogP contribution in [0.15, 0.2) is 36.7 Å². The monoisotopic (exact) mass is 369 g/mol. The molecule has 4 rings (SSSR count). The highest BCUT2D eigenvalue weighted by atomic mass is 16.5. The van der Waals surface area contributed by atoms with Crippen LogP contribution in [0.25, 0.3) is 0 Å². The number of hydrogen-bond donors (Lipinski definition) is 1. The second-order valence-corrected chi connectivity index (χ2v) is 9.01. The minimum Gasteiger partial charge on any atom is -0.461 e. The molecule has 3 heteroatoms. The van der Waals surface area contributed by atoms with Crippen molar-refractivity contribution in [2.75, 3.05) is 11.4 Å². The van der Waals surface area contributed by atoms with E-state index < -0.39 is 0 Å². The van der Waals surface area contributed by atoms with Gasteiger partial charge in [-0.1, -0.05) is 44.7 Å². The van der Waals surface area contributed by atoms with Crippen LogP contribution in [0.3, 0.4) is 0 Å². The molecule has 3 nitrogen and oxygen atoms in total. The van der Waals surface area contributed by atoms with Gasteiger partial charge in [0.05, 0.1) is 11.8 Å². The van der Waals surface area contributed by atoms with Gasteiger partial charge in [-0.3, -0.25) is 0 Å². The van der Waals surface area contributed by atoms with Crippen LogP contribution < -0.4 is 9.64 Å². The molecule has 1 aromatic carbocycles. The van der Waals surface area contributed by atoms with Crippen LogP contribution in [0, 0.1) is 23.7 Å². The molecule has 2 aliphatic carbocycles. The second kappa shape index (κ2) is 8.68. The molecule has 1 heterocycles. The molecule has 0 aromatic heterocycles. The molecule has 0 amide bonds. The van der Waals surface area contributed by atoms with E-state index in [2.05, 4.69) is 17.9 Å². The van der Waals surface area contributed by atoms with E-state index in [1.54, 1.807) is 6.26 Å². The topological polar surface area (TPSA) is 32.7 Å². The lowest BCUT2D eigenvalue weighted by Crippen LogP contribution is -2.35. The SMILES string of the molecule is CCCCCC1CC2CC[C@@H](C1)C2C[C@@H](O)CN1C=COc2ccccc21. The van der Waals surface area contributed by atoms with Crippen LogP contribution >= 0.6 is 0 Å². The Hall–Kier alpha value is -1.48. The highest BCUT2D eigenvalue weighted by Gasteiger charge is 2.42. The Balaban J connectivity index is 1.31. The van der Waals surface area contributed by atoms with Gasteiger partial charge < -0.3 is 14.7 Å². The first-order valence-corrected chi connectivity index (χ1v) is 11.1. The third-order valence-electron chi connectivity index (χ3n) is 7.17. The molecule has 1 N–H and O–H groups in total. The van der Waals surface area contributed by atoms with Gasteiger partial charge in [-0.15, -0.1) is 0 Å². The zero-order valence-electron chi connectivity index (χ0n) is 16.7. The van der Waals surface area contributed by atoms with Crippen molar-refractivity contribution in [2.24, 2.45) is 23.7 Å². The number of β-amino-alcohol motifs (C(OH)–C–C–N with tert-alkyl or cyclic N) is 1. The lowest BCUT2D eigenvalue weighted by atomic mass is 9.70. The van der Waals surface area contributed by atoms with E-state index in [0.717, 1.165) is 41.5 Å². The number of unbranched alkanes of at least 4 members (excludes halogenated alkanes) is 2. The van der Waals surface area contributed by atoms with E-state index in [-0.39, 0.29) is 6.10 Å². The number of anilines is 1. The molecule has 1 aliphatic heterocycles. The van der Waals surface area contributed by atoms with Crippen molar-refractivity contribution < 1.29 is 9.84 Å². The van der Waals surface area contributed by atoms with Crippen molar-refractivity contribution in [3.05, 3.63) is 36.7 Å². The number of ether oxygens (including phenoxy) is 1. The Kier molecular flexibility index (Phi) is 6.07. The van der Waals surface area contributed by atoms with Crippen molar-refractivity contribution in [3.63, 3.8) is 0 Å². The molecule has 3 aliphatic rings. The van der Waals surface area contributed by atoms with E-state index >= 15 is 0 Å². The molecule has 5 atom stereocenters. The minimum absolute atomic E-state index is 0.273. The van der Waals surface area contributed by atoms with Crippen molar-refractivity contribution in [1.82, 2.24) is 0 Å². The summed E-state index contributed by atoms with van der Waals surface area (Å²) in [6.45, 7) is 2.96. The number of hydrogen-bond acceptors (Lipinski definition) is 3. The van der Waals surface area contributed by atoms with Gasteiger partial charge >= 0.3 is 0 Å². The van der Waals surface area contributed by atoms with Crippen LogP contribution in [0.2, 0.25) is 0 Å². The first-order valence-electron chi connectivity index (χ1n) is 11.1. The summed E-state index contributed by atoms with van der Waals surface area (Å²) in [5.74, 6) is 4.29. The Morgan fingerprint density at radius 3 is 2.70 bits per heavy atom. The molecular formula is C24H35NO2. The molecule has 2 saturated carbocycles. The quantitative estimate of drug-likeness (QED) is 0.593. The largest absolute Gasteiger partial charge is 0.461 e. The standard InChI is InChI=1S/C24H35NO2/c1-2-3-4-7-18-14-19-10-11-20(15-18)22(19)16-21(26)17-25-12-13-27-24-9-6-5-8-23(24)25/h5-6,8-9,12-13,18-22,26H,2-4,7,10-11,14-17H2,1H3/t18?,19-,20?,21+,22?/m0/s1. The normalized spacial score (nSPS) is 30.1. The molecule has 27 heavy (non-hydrogen) atoms. The van der Waals surface area contributed by atoms with Crippen LogP contribution in [-0.2, 0) is 0 Å². The predicted molar refractivity (Wildman–Crippen MR) is 111 cm³/mol. The minimum atomic E-state index is -0.273. The molecule has 0 radical (unpaired) electrons. The third kappa shape index (κ3) is 4.34. The van der Waals surface area contributed by atoms with E-state index in [9.17, 15) is 5.11 Å². The third-order valence-corrected chi connectivity index (χ3v) is 7.17. The van der Waals surface area contributed by atoms with Gasteiger partial charge in [0.15, 0.2) is 0 Å². The first-order chi connectivity index (χ1) is 13.2. The summed E-state index contributed by atoms with van der Waals surface area (Å²) in [6.07, 6.45) is 15.5. The zero-order valence-corrected chi connectivity index (χ0v) is 16.7. The van der Waals surface area contributed by atoms with Gasteiger partial charge in [-0.2, -0.15) is 0 Å². The van der Waals surface area contributed by atoms with Crippen molar-refractivity contribution in [3.8, 4) is 5.75 Å². The number of aliphatic hydroxyl groups excluding tert-OH is 1. The highest BCUT2D eigenvalue weighted by Crippen LogP contribution is 2.52. The number of nitrogens with zero attached hydrogens (tertiary/aromatic N) is 1. The van der Waals surface area contributed by atoms with Crippen molar-refractivity contribution >= 4 is 5.69 Å². The summed E-state index contributed by atoms with van der Waals surface area (Å²) in [6, 6.07) is 8.07. The average Bonchev–Trinajstić information content (AvgIpc) is 2.90. The summed E-state index contributed by atoms with van der Waals surface area (Å²) in [7, 11) is 0. The number of para-hydroxylation sites is 2. The molecule has 148 valence electrons. The molecule has 0 spiro atoms. The zero-order chi connectivity index (χ0) is 18.6. The van der Waals surface area contributed by atoms with Gasteiger partial charge in [-0.05, 0) is 67.9 Å². The maximum Gasteiger partial charge on any atom is 0.150 e. The average molecular weight is 370 g/mol. The van der Waals surface area contributed by atoms with Crippen LogP contribution in [0.1, 0.15) is 64.7 Å². The molecule has 0 saturated heterocycles. The fourth-order valence-electron chi connectivity index (χ4n) is 5.91. The fourth-order valence-corrected chi connectivity index (χ4v) is 5.91. The summed E-state index contributed by atoms with van der Waals surface area (Å²) in [5, 5.41) is 10.9. The lowest BCUT2D eigenvalue weighted by Gasteiger charge is -2.37. The summed E-state index contributed by atoms with van der Waals surface area (Å²) >= 11 is 0. The molecule has 3 unspecified atom stereocenters. The number of rotatable bonds is 8. The maximum atomic E-state index is 10.9. The summed E-state index contributed by atoms with van der Waals surface area (Å²) < 4.78 is 5.58. The molecule has 1 aromatic rings. The smallest absolute Gasteiger partial charge is 0.150 e. The Labute approximate surface area is 164 Å². The fraction of sp³-hybridized carbons (Fsp3) is 0.667.